The Balaban J connectivity index is 1.70. The summed E-state index contributed by atoms with van der Waals surface area (Å²) in [7, 11) is 0. The van der Waals surface area contributed by atoms with Crippen LogP contribution in [0.2, 0.25) is 0 Å². The molecule has 21 heavy (non-hydrogen) atoms. The molecule has 0 unspecified atom stereocenters. The van der Waals surface area contributed by atoms with Crippen LogP contribution in [0.4, 0.5) is 4.79 Å². The zero-order valence-corrected chi connectivity index (χ0v) is 12.5. The number of benzene rings is 1. The molecule has 2 atom stereocenters. The molecule has 4 nitrogen and oxygen atoms in total. The van der Waals surface area contributed by atoms with E-state index in [9.17, 15) is 9.59 Å². The maximum atomic E-state index is 12.4. The summed E-state index contributed by atoms with van der Waals surface area (Å²) in [6, 6.07) is 9.51. The molecule has 1 aliphatic carbocycles. The Hall–Kier alpha value is -1.55. The summed E-state index contributed by atoms with van der Waals surface area (Å²) in [5.74, 6) is 0.366. The van der Waals surface area contributed by atoms with Crippen molar-refractivity contribution in [3.8, 4) is 0 Å². The van der Waals surface area contributed by atoms with Gasteiger partial charge in [0.1, 0.15) is 12.1 Å². The standard InChI is InChI=1S/C16H18ClNO3/c17-14(19)16-8-4-7-13(9-16)10-18(16)15(20)21-11-12-5-2-1-3-6-12/h1-3,5-6,13H,4,7-11H2/t13-,16+/m0/s1. The van der Waals surface area contributed by atoms with Crippen molar-refractivity contribution in [1.82, 2.24) is 4.90 Å². The van der Waals surface area contributed by atoms with E-state index < -0.39 is 16.9 Å². The number of hydrogen-bond acceptors (Lipinski definition) is 3. The zero-order valence-electron chi connectivity index (χ0n) is 11.8. The van der Waals surface area contributed by atoms with Crippen molar-refractivity contribution in [3.63, 3.8) is 0 Å². The van der Waals surface area contributed by atoms with Crippen molar-refractivity contribution in [2.75, 3.05) is 6.54 Å². The number of rotatable bonds is 3. The Morgan fingerprint density at radius 2 is 2.10 bits per heavy atom. The molecule has 0 aromatic heterocycles. The van der Waals surface area contributed by atoms with Crippen LogP contribution in [0.3, 0.4) is 0 Å². The maximum absolute atomic E-state index is 12.4. The lowest BCUT2D eigenvalue weighted by Gasteiger charge is -2.35. The van der Waals surface area contributed by atoms with Crippen molar-refractivity contribution in [1.29, 1.82) is 0 Å². The number of fused-ring (bicyclic) bond motifs is 2. The van der Waals surface area contributed by atoms with Gasteiger partial charge in [-0.15, -0.1) is 0 Å². The van der Waals surface area contributed by atoms with Crippen LogP contribution in [0.25, 0.3) is 0 Å². The Kier molecular flexibility index (Phi) is 3.89. The third kappa shape index (κ3) is 2.64. The highest BCUT2D eigenvalue weighted by atomic mass is 35.5. The van der Waals surface area contributed by atoms with Crippen LogP contribution >= 0.6 is 11.6 Å². The molecule has 5 heteroatoms. The third-order valence-corrected chi connectivity index (χ3v) is 4.93. The Morgan fingerprint density at radius 3 is 2.81 bits per heavy atom. The molecule has 2 aliphatic rings. The molecule has 1 aromatic rings. The molecule has 112 valence electrons. The Bertz CT molecular complexity index is 548. The van der Waals surface area contributed by atoms with Crippen molar-refractivity contribution < 1.29 is 14.3 Å². The number of likely N-dealkylation sites (tertiary alicyclic amines) is 1. The van der Waals surface area contributed by atoms with E-state index in [1.54, 1.807) is 4.90 Å². The number of ether oxygens (including phenoxy) is 1. The fraction of sp³-hybridized carbons (Fsp3) is 0.500. The molecular formula is C16H18ClNO3. The second-order valence-corrected chi connectivity index (χ2v) is 6.26. The predicted octanol–water partition coefficient (Wildman–Crippen LogP) is 3.33. The van der Waals surface area contributed by atoms with Crippen molar-refractivity contribution in [3.05, 3.63) is 35.9 Å². The van der Waals surface area contributed by atoms with Gasteiger partial charge in [0, 0.05) is 6.54 Å². The average Bonchev–Trinajstić information content (AvgIpc) is 2.78. The van der Waals surface area contributed by atoms with Gasteiger partial charge in [0.15, 0.2) is 0 Å². The first-order chi connectivity index (χ1) is 10.1. The van der Waals surface area contributed by atoms with Crippen LogP contribution in [0.5, 0.6) is 0 Å². The second kappa shape index (κ2) is 5.68. The number of carbonyl (C=O) groups excluding carboxylic acids is 2. The first kappa shape index (κ1) is 14.4. The van der Waals surface area contributed by atoms with Crippen LogP contribution in [0.15, 0.2) is 30.3 Å². The van der Waals surface area contributed by atoms with E-state index in [4.69, 9.17) is 16.3 Å². The van der Waals surface area contributed by atoms with Gasteiger partial charge in [-0.1, -0.05) is 36.8 Å². The largest absolute Gasteiger partial charge is 0.445 e. The molecule has 3 rings (SSSR count). The molecule has 0 spiro atoms. The summed E-state index contributed by atoms with van der Waals surface area (Å²) in [6.07, 6.45) is 2.87. The molecular weight excluding hydrogens is 290 g/mol. The summed E-state index contributed by atoms with van der Waals surface area (Å²) in [4.78, 5) is 25.8. The van der Waals surface area contributed by atoms with E-state index >= 15 is 0 Å². The van der Waals surface area contributed by atoms with Gasteiger partial charge in [0.2, 0.25) is 5.24 Å². The highest BCUT2D eigenvalue weighted by Gasteiger charge is 2.54. The lowest BCUT2D eigenvalue weighted by molar-refractivity contribution is -0.121. The van der Waals surface area contributed by atoms with Crippen LogP contribution in [0, 0.1) is 5.92 Å². The molecule has 1 amide bonds. The monoisotopic (exact) mass is 307 g/mol. The topological polar surface area (TPSA) is 46.6 Å². The van der Waals surface area contributed by atoms with Gasteiger partial charge in [-0.25, -0.2) is 4.79 Å². The Morgan fingerprint density at radius 1 is 1.33 bits per heavy atom. The average molecular weight is 308 g/mol. The lowest BCUT2D eigenvalue weighted by atomic mass is 9.81. The maximum Gasteiger partial charge on any atom is 0.410 e. The third-order valence-electron chi connectivity index (χ3n) is 4.58. The minimum atomic E-state index is -0.835. The van der Waals surface area contributed by atoms with Gasteiger partial charge in [-0.3, -0.25) is 9.69 Å². The first-order valence-electron chi connectivity index (χ1n) is 7.30. The Labute approximate surface area is 129 Å². The van der Waals surface area contributed by atoms with Gasteiger partial charge in [-0.05, 0) is 42.3 Å². The highest BCUT2D eigenvalue weighted by molar-refractivity contribution is 6.65. The summed E-state index contributed by atoms with van der Waals surface area (Å²) in [6.45, 7) is 0.791. The summed E-state index contributed by atoms with van der Waals surface area (Å²) < 4.78 is 5.37. The first-order valence-corrected chi connectivity index (χ1v) is 7.68. The van der Waals surface area contributed by atoms with Gasteiger partial charge in [0.25, 0.3) is 0 Å². The predicted molar refractivity (Wildman–Crippen MR) is 78.9 cm³/mol. The highest BCUT2D eigenvalue weighted by Crippen LogP contribution is 2.45. The lowest BCUT2D eigenvalue weighted by Crippen LogP contribution is -2.51. The normalized spacial score (nSPS) is 27.5. The van der Waals surface area contributed by atoms with Gasteiger partial charge < -0.3 is 4.74 Å². The fourth-order valence-electron chi connectivity index (χ4n) is 3.53. The summed E-state index contributed by atoms with van der Waals surface area (Å²) in [5, 5.41) is -0.429. The summed E-state index contributed by atoms with van der Waals surface area (Å²) >= 11 is 5.81. The molecule has 1 saturated carbocycles. The zero-order chi connectivity index (χ0) is 14.9. The van der Waals surface area contributed by atoms with Crippen LogP contribution in [-0.2, 0) is 16.1 Å². The molecule has 2 bridgehead atoms. The van der Waals surface area contributed by atoms with Crippen LogP contribution < -0.4 is 0 Å². The molecule has 1 aromatic carbocycles. The molecule has 1 heterocycles. The van der Waals surface area contributed by atoms with E-state index in [1.165, 1.54) is 0 Å². The molecule has 1 aliphatic heterocycles. The summed E-state index contributed by atoms with van der Waals surface area (Å²) in [5.41, 5.74) is 0.0948. The molecule has 1 saturated heterocycles. The van der Waals surface area contributed by atoms with E-state index in [0.29, 0.717) is 25.3 Å². The quantitative estimate of drug-likeness (QED) is 0.805. The molecule has 2 fully saturated rings. The number of carbonyl (C=O) groups is 2. The van der Waals surface area contributed by atoms with Crippen molar-refractivity contribution in [2.45, 2.75) is 37.8 Å². The second-order valence-electron chi connectivity index (χ2n) is 5.92. The van der Waals surface area contributed by atoms with Gasteiger partial charge in [0.05, 0.1) is 0 Å². The van der Waals surface area contributed by atoms with E-state index in [1.807, 2.05) is 30.3 Å². The van der Waals surface area contributed by atoms with E-state index in [0.717, 1.165) is 18.4 Å². The minimum Gasteiger partial charge on any atom is -0.445 e. The van der Waals surface area contributed by atoms with Crippen molar-refractivity contribution >= 4 is 22.9 Å². The van der Waals surface area contributed by atoms with E-state index in [-0.39, 0.29) is 6.61 Å². The number of amides is 1. The van der Waals surface area contributed by atoms with Gasteiger partial charge >= 0.3 is 6.09 Å². The number of halogens is 1. The fourth-order valence-corrected chi connectivity index (χ4v) is 3.80. The minimum absolute atomic E-state index is 0.216. The smallest absolute Gasteiger partial charge is 0.410 e. The number of nitrogens with zero attached hydrogens (tertiary/aromatic N) is 1. The number of hydrogen-bond donors (Lipinski definition) is 0. The van der Waals surface area contributed by atoms with Crippen LogP contribution in [-0.4, -0.2) is 28.3 Å². The molecule has 0 N–H and O–H groups in total. The SMILES string of the molecule is O=C(OCc1ccccc1)N1C[C@H]2CCC[C@]1(C(=O)Cl)C2. The van der Waals surface area contributed by atoms with Crippen LogP contribution in [0.1, 0.15) is 31.2 Å². The van der Waals surface area contributed by atoms with Gasteiger partial charge in [-0.2, -0.15) is 0 Å². The molecule has 0 radical (unpaired) electrons. The van der Waals surface area contributed by atoms with Crippen molar-refractivity contribution in [2.24, 2.45) is 5.92 Å². The van der Waals surface area contributed by atoms with E-state index in [2.05, 4.69) is 0 Å².